The molecule has 4 rings (SSSR count). The molecule has 10 nitrogen and oxygen atoms in total. The summed E-state index contributed by atoms with van der Waals surface area (Å²) < 4.78 is 27.3. The minimum Gasteiger partial charge on any atom is -0.492 e. The molecule has 0 spiro atoms. The van der Waals surface area contributed by atoms with Crippen LogP contribution >= 0.6 is 0 Å². The Labute approximate surface area is 207 Å². The van der Waals surface area contributed by atoms with Crippen LogP contribution < -0.4 is 25.3 Å². The molecule has 1 amide bonds. The monoisotopic (exact) mass is 496 g/mol. The summed E-state index contributed by atoms with van der Waals surface area (Å²) in [4.78, 5) is 39.4. The van der Waals surface area contributed by atoms with Crippen LogP contribution in [0.4, 0.5) is 11.4 Å². The first kappa shape index (κ1) is 25.1. The van der Waals surface area contributed by atoms with Crippen LogP contribution in [0.25, 0.3) is 11.0 Å². The molecule has 2 aromatic carbocycles. The van der Waals surface area contributed by atoms with Crippen molar-refractivity contribution in [1.82, 2.24) is 0 Å². The van der Waals surface area contributed by atoms with Crippen molar-refractivity contribution in [3.05, 3.63) is 58.4 Å². The van der Waals surface area contributed by atoms with Gasteiger partial charge in [-0.25, -0.2) is 9.59 Å². The van der Waals surface area contributed by atoms with E-state index in [0.717, 1.165) is 5.69 Å². The summed E-state index contributed by atoms with van der Waals surface area (Å²) in [6.07, 6.45) is 0. The average molecular weight is 497 g/mol. The normalized spacial score (nSPS) is 13.3. The van der Waals surface area contributed by atoms with Crippen molar-refractivity contribution in [2.75, 3.05) is 56.3 Å². The molecule has 1 fully saturated rings. The van der Waals surface area contributed by atoms with Crippen molar-refractivity contribution in [1.29, 1.82) is 0 Å². The first-order valence-electron chi connectivity index (χ1n) is 11.8. The van der Waals surface area contributed by atoms with Crippen LogP contribution in [-0.4, -0.2) is 58.0 Å². The SMILES string of the molecule is CCOc1cc(N2CCOCC2)c(OCC)cc1NC(=O)COC(=O)c1cc2ccccc2oc1=O. The zero-order valence-corrected chi connectivity index (χ0v) is 20.2. The minimum absolute atomic E-state index is 0.287. The number of benzene rings is 2. The van der Waals surface area contributed by atoms with Crippen LogP contribution in [0.2, 0.25) is 0 Å². The number of rotatable bonds is 9. The number of hydrogen-bond acceptors (Lipinski definition) is 9. The number of carbonyl (C=O) groups is 2. The number of morpholine rings is 1. The van der Waals surface area contributed by atoms with Gasteiger partial charge in [-0.05, 0) is 26.0 Å². The van der Waals surface area contributed by atoms with Crippen molar-refractivity contribution < 1.29 is 33.0 Å². The number of fused-ring (bicyclic) bond motifs is 1. The fourth-order valence-corrected chi connectivity index (χ4v) is 3.84. The number of carbonyl (C=O) groups excluding carboxylic acids is 2. The van der Waals surface area contributed by atoms with Gasteiger partial charge < -0.3 is 33.6 Å². The Balaban J connectivity index is 1.49. The first-order valence-corrected chi connectivity index (χ1v) is 11.8. The third-order valence-electron chi connectivity index (χ3n) is 5.48. The Morgan fingerprint density at radius 3 is 2.47 bits per heavy atom. The van der Waals surface area contributed by atoms with E-state index in [0.29, 0.717) is 67.7 Å². The van der Waals surface area contributed by atoms with Gasteiger partial charge in [0.2, 0.25) is 0 Å². The van der Waals surface area contributed by atoms with Gasteiger partial charge >= 0.3 is 11.6 Å². The molecule has 36 heavy (non-hydrogen) atoms. The van der Waals surface area contributed by atoms with E-state index in [1.54, 1.807) is 30.3 Å². The van der Waals surface area contributed by atoms with Gasteiger partial charge in [0.1, 0.15) is 22.6 Å². The topological polar surface area (TPSA) is 117 Å². The average Bonchev–Trinajstić information content (AvgIpc) is 2.89. The fraction of sp³-hybridized carbons (Fsp3) is 0.346. The zero-order chi connectivity index (χ0) is 25.5. The summed E-state index contributed by atoms with van der Waals surface area (Å²) in [5.74, 6) is -0.510. The van der Waals surface area contributed by atoms with Gasteiger partial charge in [-0.15, -0.1) is 0 Å². The quantitative estimate of drug-likeness (QED) is 0.352. The Bertz CT molecular complexity index is 1300. The number of nitrogens with one attached hydrogen (secondary N) is 1. The minimum atomic E-state index is -0.952. The lowest BCUT2D eigenvalue weighted by atomic mass is 10.2. The van der Waals surface area contributed by atoms with Gasteiger partial charge in [0, 0.05) is 30.6 Å². The lowest BCUT2D eigenvalue weighted by Crippen LogP contribution is -2.36. The van der Waals surface area contributed by atoms with Crippen molar-refractivity contribution in [2.45, 2.75) is 13.8 Å². The second-order valence-electron chi connectivity index (χ2n) is 7.89. The molecule has 10 heteroatoms. The smallest absolute Gasteiger partial charge is 0.351 e. The second-order valence-corrected chi connectivity index (χ2v) is 7.89. The van der Waals surface area contributed by atoms with Crippen molar-refractivity contribution in [3.8, 4) is 11.5 Å². The van der Waals surface area contributed by atoms with Crippen LogP contribution in [0, 0.1) is 0 Å². The molecule has 0 atom stereocenters. The van der Waals surface area contributed by atoms with Crippen molar-refractivity contribution >= 4 is 34.2 Å². The van der Waals surface area contributed by atoms with Crippen LogP contribution in [0.5, 0.6) is 11.5 Å². The summed E-state index contributed by atoms with van der Waals surface area (Å²) in [6.45, 7) is 6.55. The molecule has 1 N–H and O–H groups in total. The molecule has 3 aromatic rings. The van der Waals surface area contributed by atoms with Crippen molar-refractivity contribution in [2.24, 2.45) is 0 Å². The highest BCUT2D eigenvalue weighted by Crippen LogP contribution is 2.39. The third-order valence-corrected chi connectivity index (χ3v) is 5.48. The van der Waals surface area contributed by atoms with E-state index >= 15 is 0 Å². The van der Waals surface area contributed by atoms with Gasteiger partial charge in [0.15, 0.2) is 6.61 Å². The molecular formula is C26H28N2O8. The summed E-state index contributed by atoms with van der Waals surface area (Å²) in [5.41, 5.74) is 0.452. The predicted octanol–water partition coefficient (Wildman–Crippen LogP) is 3.22. The maximum atomic E-state index is 12.6. The molecule has 2 heterocycles. The number of hydrogen-bond donors (Lipinski definition) is 1. The van der Waals surface area contributed by atoms with E-state index in [1.165, 1.54) is 6.07 Å². The molecule has 0 saturated carbocycles. The summed E-state index contributed by atoms with van der Waals surface area (Å²) in [6, 6.07) is 11.7. The second kappa shape index (κ2) is 11.6. The molecule has 190 valence electrons. The molecule has 1 aliphatic rings. The van der Waals surface area contributed by atoms with Crippen LogP contribution in [0.15, 0.2) is 51.7 Å². The molecular weight excluding hydrogens is 468 g/mol. The van der Waals surface area contributed by atoms with E-state index in [9.17, 15) is 14.4 Å². The molecule has 1 aliphatic heterocycles. The Morgan fingerprint density at radius 1 is 1.00 bits per heavy atom. The summed E-state index contributed by atoms with van der Waals surface area (Å²) >= 11 is 0. The van der Waals surface area contributed by atoms with Gasteiger partial charge in [0.25, 0.3) is 5.91 Å². The summed E-state index contributed by atoms with van der Waals surface area (Å²) in [7, 11) is 0. The molecule has 1 saturated heterocycles. The number of para-hydroxylation sites is 1. The van der Waals surface area contributed by atoms with Crippen molar-refractivity contribution in [3.63, 3.8) is 0 Å². The third kappa shape index (κ3) is 5.77. The summed E-state index contributed by atoms with van der Waals surface area (Å²) in [5, 5.41) is 3.28. The van der Waals surface area contributed by atoms with Gasteiger partial charge in [-0.1, -0.05) is 18.2 Å². The standard InChI is InChI=1S/C26H28N2O8/c1-3-33-22-15-20(28-9-11-32-12-10-28)23(34-4-2)14-19(22)27-24(29)16-35-25(30)18-13-17-7-5-6-8-21(17)36-26(18)31/h5-8,13-15H,3-4,9-12,16H2,1-2H3,(H,27,29). The first-order chi connectivity index (χ1) is 17.5. The largest absolute Gasteiger partial charge is 0.492 e. The van der Waals surface area contributed by atoms with Gasteiger partial charge in [0.05, 0.1) is 37.8 Å². The van der Waals surface area contributed by atoms with Gasteiger partial charge in [-0.3, -0.25) is 4.79 Å². The van der Waals surface area contributed by atoms with E-state index in [1.807, 2.05) is 19.9 Å². The lowest BCUT2D eigenvalue weighted by Gasteiger charge is -2.31. The maximum absolute atomic E-state index is 12.6. The fourth-order valence-electron chi connectivity index (χ4n) is 3.84. The Hall–Kier alpha value is -4.05. The lowest BCUT2D eigenvalue weighted by molar-refractivity contribution is -0.119. The van der Waals surface area contributed by atoms with E-state index in [2.05, 4.69) is 10.2 Å². The predicted molar refractivity (Wildman–Crippen MR) is 133 cm³/mol. The zero-order valence-electron chi connectivity index (χ0n) is 20.2. The molecule has 0 bridgehead atoms. The van der Waals surface area contributed by atoms with Crippen LogP contribution in [-0.2, 0) is 14.3 Å². The highest BCUT2D eigenvalue weighted by atomic mass is 16.5. The highest BCUT2D eigenvalue weighted by molar-refractivity contribution is 5.97. The Kier molecular flexibility index (Phi) is 8.06. The van der Waals surface area contributed by atoms with E-state index < -0.39 is 24.1 Å². The van der Waals surface area contributed by atoms with Crippen LogP contribution in [0.3, 0.4) is 0 Å². The number of esters is 1. The van der Waals surface area contributed by atoms with E-state index in [4.69, 9.17) is 23.4 Å². The molecule has 1 aromatic heterocycles. The number of anilines is 2. The molecule has 0 unspecified atom stereocenters. The molecule has 0 aliphatic carbocycles. The highest BCUT2D eigenvalue weighted by Gasteiger charge is 2.21. The number of nitrogens with zero attached hydrogens (tertiary/aromatic N) is 1. The van der Waals surface area contributed by atoms with Crippen LogP contribution in [0.1, 0.15) is 24.2 Å². The van der Waals surface area contributed by atoms with E-state index in [-0.39, 0.29) is 5.56 Å². The Morgan fingerprint density at radius 2 is 1.72 bits per heavy atom. The van der Waals surface area contributed by atoms with Gasteiger partial charge in [-0.2, -0.15) is 0 Å². The molecule has 0 radical (unpaired) electrons. The maximum Gasteiger partial charge on any atom is 0.351 e. The number of ether oxygens (including phenoxy) is 4. The number of amides is 1.